The van der Waals surface area contributed by atoms with E-state index in [1.54, 1.807) is 0 Å². The van der Waals surface area contributed by atoms with Crippen molar-refractivity contribution >= 4 is 0 Å². The smallest absolute Gasteiger partial charge is 0.161 e. The predicted molar refractivity (Wildman–Crippen MR) is 79.1 cm³/mol. The minimum Gasteiger partial charge on any atom is -0.494 e. The topological polar surface area (TPSA) is 47.9 Å². The Morgan fingerprint density at radius 3 is 2.38 bits per heavy atom. The van der Waals surface area contributed by atoms with Gasteiger partial charge in [0.05, 0.1) is 6.61 Å². The summed E-state index contributed by atoms with van der Waals surface area (Å²) in [7, 11) is 0. The van der Waals surface area contributed by atoms with E-state index < -0.39 is 6.10 Å². The Labute approximate surface area is 123 Å². The molecule has 3 rings (SSSR count). The maximum atomic E-state index is 10.5. The molecule has 4 heteroatoms. The fraction of sp³-hybridized carbons (Fsp3) is 0.294. The van der Waals surface area contributed by atoms with Crippen molar-refractivity contribution in [2.75, 3.05) is 19.8 Å². The van der Waals surface area contributed by atoms with Gasteiger partial charge in [0.1, 0.15) is 25.1 Å². The van der Waals surface area contributed by atoms with Gasteiger partial charge in [-0.1, -0.05) is 18.2 Å². The Morgan fingerprint density at radius 2 is 1.67 bits per heavy atom. The summed E-state index contributed by atoms with van der Waals surface area (Å²) in [5, 5.41) is 10.5. The number of hydrogen-bond acceptors (Lipinski definition) is 4. The van der Waals surface area contributed by atoms with E-state index in [0.717, 1.165) is 22.6 Å². The van der Waals surface area contributed by atoms with Crippen LogP contribution in [0.3, 0.4) is 0 Å². The highest BCUT2D eigenvalue weighted by atomic mass is 16.6. The van der Waals surface area contributed by atoms with Crippen molar-refractivity contribution in [2.45, 2.75) is 13.0 Å². The molecule has 0 saturated heterocycles. The summed E-state index contributed by atoms with van der Waals surface area (Å²) >= 11 is 0. The first-order valence-electron chi connectivity index (χ1n) is 7.08. The lowest BCUT2D eigenvalue weighted by atomic mass is 10.0. The molecule has 0 spiro atoms. The van der Waals surface area contributed by atoms with E-state index in [2.05, 4.69) is 0 Å². The molecule has 1 heterocycles. The van der Waals surface area contributed by atoms with Crippen LogP contribution in [-0.2, 0) is 0 Å². The van der Waals surface area contributed by atoms with Gasteiger partial charge in [-0.15, -0.1) is 0 Å². The summed E-state index contributed by atoms with van der Waals surface area (Å²) < 4.78 is 16.4. The molecule has 0 amide bonds. The Balaban J connectivity index is 1.82. The molecular weight excluding hydrogens is 268 g/mol. The highest BCUT2D eigenvalue weighted by Gasteiger charge is 2.16. The van der Waals surface area contributed by atoms with E-state index >= 15 is 0 Å². The lowest BCUT2D eigenvalue weighted by Crippen LogP contribution is -2.15. The molecule has 0 aromatic heterocycles. The van der Waals surface area contributed by atoms with Crippen LogP contribution < -0.4 is 14.2 Å². The van der Waals surface area contributed by atoms with E-state index in [0.29, 0.717) is 25.6 Å². The maximum absolute atomic E-state index is 10.5. The van der Waals surface area contributed by atoms with Crippen LogP contribution in [-0.4, -0.2) is 24.9 Å². The Morgan fingerprint density at radius 1 is 1.00 bits per heavy atom. The number of rotatable bonds is 4. The molecular formula is C17H18O4. The summed E-state index contributed by atoms with van der Waals surface area (Å²) in [6, 6.07) is 13.0. The highest BCUT2D eigenvalue weighted by molar-refractivity contribution is 5.46. The molecule has 0 radical (unpaired) electrons. The molecule has 1 N–H and O–H groups in total. The highest BCUT2D eigenvalue weighted by Crippen LogP contribution is 2.34. The quantitative estimate of drug-likeness (QED) is 0.938. The largest absolute Gasteiger partial charge is 0.494 e. The van der Waals surface area contributed by atoms with Crippen molar-refractivity contribution in [1.29, 1.82) is 0 Å². The van der Waals surface area contributed by atoms with Gasteiger partial charge in [0.2, 0.25) is 0 Å². The van der Waals surface area contributed by atoms with Crippen LogP contribution in [0, 0.1) is 0 Å². The molecule has 2 aromatic rings. The number of hydrogen-bond donors (Lipinski definition) is 1. The van der Waals surface area contributed by atoms with Gasteiger partial charge in [-0.3, -0.25) is 0 Å². The molecule has 0 saturated carbocycles. The summed E-state index contributed by atoms with van der Waals surface area (Å²) in [5.41, 5.74) is 1.60. The molecule has 0 fully saturated rings. The van der Waals surface area contributed by atoms with Gasteiger partial charge in [-0.25, -0.2) is 0 Å². The van der Waals surface area contributed by atoms with E-state index in [1.807, 2.05) is 49.4 Å². The van der Waals surface area contributed by atoms with E-state index in [1.165, 1.54) is 0 Å². The van der Waals surface area contributed by atoms with Gasteiger partial charge in [0.15, 0.2) is 11.5 Å². The standard InChI is InChI=1S/C17H18O4/c1-2-19-14-6-3-12(4-7-14)17(18)13-5-8-15-16(11-13)21-10-9-20-15/h3-8,11,17-18H,2,9-10H2,1H3. The van der Waals surface area contributed by atoms with Gasteiger partial charge in [-0.2, -0.15) is 0 Å². The maximum Gasteiger partial charge on any atom is 0.161 e. The van der Waals surface area contributed by atoms with Crippen molar-refractivity contribution in [2.24, 2.45) is 0 Å². The molecule has 1 unspecified atom stereocenters. The van der Waals surface area contributed by atoms with Crippen LogP contribution in [0.2, 0.25) is 0 Å². The second-order valence-electron chi connectivity index (χ2n) is 4.81. The number of fused-ring (bicyclic) bond motifs is 1. The fourth-order valence-electron chi connectivity index (χ4n) is 2.34. The van der Waals surface area contributed by atoms with Crippen LogP contribution in [0.15, 0.2) is 42.5 Å². The molecule has 1 atom stereocenters. The third-order valence-corrected chi connectivity index (χ3v) is 3.39. The normalized spacial score (nSPS) is 14.6. The Kier molecular flexibility index (Phi) is 3.97. The molecule has 110 valence electrons. The third-order valence-electron chi connectivity index (χ3n) is 3.39. The van der Waals surface area contributed by atoms with E-state index in [4.69, 9.17) is 14.2 Å². The Bertz CT molecular complexity index is 607. The summed E-state index contributed by atoms with van der Waals surface area (Å²) in [4.78, 5) is 0. The fourth-order valence-corrected chi connectivity index (χ4v) is 2.34. The lowest BCUT2D eigenvalue weighted by Gasteiger charge is -2.20. The zero-order valence-corrected chi connectivity index (χ0v) is 11.9. The Hall–Kier alpha value is -2.20. The predicted octanol–water partition coefficient (Wildman–Crippen LogP) is 2.94. The van der Waals surface area contributed by atoms with Crippen molar-refractivity contribution in [3.63, 3.8) is 0 Å². The average molecular weight is 286 g/mol. The summed E-state index contributed by atoms with van der Waals surface area (Å²) in [6.45, 7) is 3.67. The second kappa shape index (κ2) is 6.06. The first-order valence-corrected chi connectivity index (χ1v) is 7.08. The second-order valence-corrected chi connectivity index (χ2v) is 4.81. The van der Waals surface area contributed by atoms with E-state index in [-0.39, 0.29) is 0 Å². The molecule has 2 aromatic carbocycles. The molecule has 1 aliphatic rings. The minimum absolute atomic E-state index is 0.537. The zero-order chi connectivity index (χ0) is 14.7. The average Bonchev–Trinajstić information content (AvgIpc) is 2.55. The van der Waals surface area contributed by atoms with Crippen molar-refractivity contribution in [3.8, 4) is 17.2 Å². The first kappa shape index (κ1) is 13.8. The molecule has 1 aliphatic heterocycles. The minimum atomic E-state index is -0.698. The van der Waals surface area contributed by atoms with Crippen LogP contribution in [0.4, 0.5) is 0 Å². The van der Waals surface area contributed by atoms with Gasteiger partial charge >= 0.3 is 0 Å². The first-order chi connectivity index (χ1) is 10.3. The lowest BCUT2D eigenvalue weighted by molar-refractivity contribution is 0.169. The molecule has 21 heavy (non-hydrogen) atoms. The number of ether oxygens (including phenoxy) is 3. The summed E-state index contributed by atoms with van der Waals surface area (Å²) in [6.07, 6.45) is -0.698. The van der Waals surface area contributed by atoms with Crippen LogP contribution in [0.25, 0.3) is 0 Å². The monoisotopic (exact) mass is 286 g/mol. The molecule has 0 bridgehead atoms. The van der Waals surface area contributed by atoms with Crippen LogP contribution in [0.5, 0.6) is 17.2 Å². The number of aliphatic hydroxyl groups is 1. The number of benzene rings is 2. The molecule has 4 nitrogen and oxygen atoms in total. The van der Waals surface area contributed by atoms with Gasteiger partial charge in [0, 0.05) is 0 Å². The summed E-state index contributed by atoms with van der Waals surface area (Å²) in [5.74, 6) is 2.21. The van der Waals surface area contributed by atoms with Crippen molar-refractivity contribution in [3.05, 3.63) is 53.6 Å². The zero-order valence-electron chi connectivity index (χ0n) is 11.9. The SMILES string of the molecule is CCOc1ccc(C(O)c2ccc3c(c2)OCCO3)cc1. The van der Waals surface area contributed by atoms with Crippen molar-refractivity contribution < 1.29 is 19.3 Å². The van der Waals surface area contributed by atoms with Crippen LogP contribution in [0.1, 0.15) is 24.2 Å². The van der Waals surface area contributed by atoms with Crippen molar-refractivity contribution in [1.82, 2.24) is 0 Å². The number of aliphatic hydroxyl groups excluding tert-OH is 1. The van der Waals surface area contributed by atoms with Gasteiger partial charge in [0.25, 0.3) is 0 Å². The molecule has 0 aliphatic carbocycles. The van der Waals surface area contributed by atoms with Gasteiger partial charge < -0.3 is 19.3 Å². The van der Waals surface area contributed by atoms with Gasteiger partial charge in [-0.05, 0) is 42.3 Å². The van der Waals surface area contributed by atoms with E-state index in [9.17, 15) is 5.11 Å². The van der Waals surface area contributed by atoms with Crippen LogP contribution >= 0.6 is 0 Å². The third kappa shape index (κ3) is 2.95.